The van der Waals surface area contributed by atoms with Crippen LogP contribution in [-0.2, 0) is 16.0 Å². The number of carbonyl (C=O) groups excluding carboxylic acids is 2. The van der Waals surface area contributed by atoms with Crippen LogP contribution in [-0.4, -0.2) is 35.8 Å². The zero-order valence-corrected chi connectivity index (χ0v) is 17.0. The van der Waals surface area contributed by atoms with Crippen LogP contribution in [0.1, 0.15) is 24.8 Å². The first-order valence-electron chi connectivity index (χ1n) is 9.63. The minimum Gasteiger partial charge on any atom is -0.292 e. The third kappa shape index (κ3) is 3.95. The lowest BCUT2D eigenvalue weighted by Gasteiger charge is -2.34. The highest BCUT2D eigenvalue weighted by Gasteiger charge is 2.43. The fourth-order valence-electron chi connectivity index (χ4n) is 4.21. The van der Waals surface area contributed by atoms with E-state index in [9.17, 15) is 9.59 Å². The number of imide groups is 1. The molecule has 0 aromatic heterocycles. The average Bonchev–Trinajstić information content (AvgIpc) is 3.00. The number of hydrogen-bond acceptors (Lipinski definition) is 3. The van der Waals surface area contributed by atoms with Gasteiger partial charge in [-0.2, -0.15) is 0 Å². The highest BCUT2D eigenvalue weighted by Crippen LogP contribution is 2.32. The lowest BCUT2D eigenvalue weighted by Crippen LogP contribution is -2.46. The summed E-state index contributed by atoms with van der Waals surface area (Å²) in [5.74, 6) is 0.279. The summed E-state index contributed by atoms with van der Waals surface area (Å²) in [5, 5.41) is 0.742. The van der Waals surface area contributed by atoms with Gasteiger partial charge in [-0.1, -0.05) is 53.5 Å². The molecule has 2 heterocycles. The Morgan fingerprint density at radius 2 is 1.64 bits per heavy atom. The number of hydrogen-bond donors (Lipinski definition) is 0. The zero-order valence-electron chi connectivity index (χ0n) is 15.5. The number of carbonyl (C=O) groups is 2. The van der Waals surface area contributed by atoms with Crippen LogP contribution < -0.4 is 4.90 Å². The summed E-state index contributed by atoms with van der Waals surface area (Å²) in [7, 11) is 0. The van der Waals surface area contributed by atoms with Crippen LogP contribution in [0.3, 0.4) is 0 Å². The number of amides is 2. The van der Waals surface area contributed by atoms with E-state index in [4.69, 9.17) is 23.2 Å². The molecule has 146 valence electrons. The SMILES string of the molecule is O=C1C[C@H](N2CCC(Cc3ccccc3)CC2)C(=O)N1c1ccc(Cl)c(Cl)c1. The number of rotatable bonds is 4. The number of anilines is 1. The Balaban J connectivity index is 1.40. The van der Waals surface area contributed by atoms with Crippen LogP contribution >= 0.6 is 23.2 Å². The lowest BCUT2D eigenvalue weighted by molar-refractivity contribution is -0.123. The first-order chi connectivity index (χ1) is 13.5. The zero-order chi connectivity index (χ0) is 19.7. The van der Waals surface area contributed by atoms with Crippen molar-refractivity contribution in [1.82, 2.24) is 4.90 Å². The third-order valence-corrected chi connectivity index (χ3v) is 6.48. The maximum atomic E-state index is 13.0. The van der Waals surface area contributed by atoms with Gasteiger partial charge in [-0.3, -0.25) is 14.5 Å². The van der Waals surface area contributed by atoms with Crippen molar-refractivity contribution in [3.8, 4) is 0 Å². The van der Waals surface area contributed by atoms with Gasteiger partial charge < -0.3 is 0 Å². The van der Waals surface area contributed by atoms with Crippen molar-refractivity contribution in [2.24, 2.45) is 5.92 Å². The smallest absolute Gasteiger partial charge is 0.251 e. The molecule has 2 fully saturated rings. The van der Waals surface area contributed by atoms with Crippen LogP contribution in [0.15, 0.2) is 48.5 Å². The molecule has 2 aliphatic rings. The van der Waals surface area contributed by atoms with E-state index in [1.807, 2.05) is 6.07 Å². The van der Waals surface area contributed by atoms with Gasteiger partial charge in [-0.25, -0.2) is 4.90 Å². The lowest BCUT2D eigenvalue weighted by atomic mass is 9.89. The molecule has 4 rings (SSSR count). The molecule has 0 saturated carbocycles. The molecule has 1 atom stereocenters. The average molecular weight is 417 g/mol. The van der Waals surface area contributed by atoms with Crippen molar-refractivity contribution in [3.63, 3.8) is 0 Å². The van der Waals surface area contributed by atoms with E-state index >= 15 is 0 Å². The molecule has 2 amide bonds. The third-order valence-electron chi connectivity index (χ3n) is 5.74. The van der Waals surface area contributed by atoms with Gasteiger partial charge in [0.1, 0.15) is 0 Å². The van der Waals surface area contributed by atoms with Crippen LogP contribution in [0.2, 0.25) is 10.0 Å². The maximum absolute atomic E-state index is 13.0. The second-order valence-corrected chi connectivity index (χ2v) is 8.37. The fourth-order valence-corrected chi connectivity index (χ4v) is 4.51. The quantitative estimate of drug-likeness (QED) is 0.684. The molecule has 2 saturated heterocycles. The van der Waals surface area contributed by atoms with Gasteiger partial charge in [0, 0.05) is 0 Å². The molecule has 4 nitrogen and oxygen atoms in total. The highest BCUT2D eigenvalue weighted by atomic mass is 35.5. The topological polar surface area (TPSA) is 40.6 Å². The molecular formula is C22H22Cl2N2O2. The van der Waals surface area contributed by atoms with Crippen LogP contribution in [0.4, 0.5) is 5.69 Å². The van der Waals surface area contributed by atoms with Crippen LogP contribution in [0, 0.1) is 5.92 Å². The van der Waals surface area contributed by atoms with Gasteiger partial charge in [0.25, 0.3) is 5.91 Å². The maximum Gasteiger partial charge on any atom is 0.251 e. The van der Waals surface area contributed by atoms with E-state index < -0.39 is 0 Å². The van der Waals surface area contributed by atoms with E-state index in [1.54, 1.807) is 18.2 Å². The Morgan fingerprint density at radius 3 is 2.32 bits per heavy atom. The Kier molecular flexibility index (Phi) is 5.72. The van der Waals surface area contributed by atoms with Crippen molar-refractivity contribution in [2.75, 3.05) is 18.0 Å². The molecule has 2 aromatic rings. The van der Waals surface area contributed by atoms with Gasteiger partial charge >= 0.3 is 0 Å². The summed E-state index contributed by atoms with van der Waals surface area (Å²) in [6.07, 6.45) is 3.38. The minimum absolute atomic E-state index is 0.162. The molecule has 0 N–H and O–H groups in total. The number of halogens is 2. The van der Waals surface area contributed by atoms with Crippen molar-refractivity contribution < 1.29 is 9.59 Å². The number of piperidine rings is 1. The second kappa shape index (κ2) is 8.24. The normalized spacial score (nSPS) is 21.5. The van der Waals surface area contributed by atoms with Gasteiger partial charge in [0.15, 0.2) is 0 Å². The molecule has 0 bridgehead atoms. The predicted octanol–water partition coefficient (Wildman–Crippen LogP) is 4.58. The molecule has 0 unspecified atom stereocenters. The number of benzene rings is 2. The molecule has 0 aliphatic carbocycles. The minimum atomic E-state index is -0.375. The molecule has 2 aromatic carbocycles. The Hall–Kier alpha value is -1.88. The van der Waals surface area contributed by atoms with Gasteiger partial charge in [0.05, 0.1) is 28.2 Å². The summed E-state index contributed by atoms with van der Waals surface area (Å²) in [4.78, 5) is 28.9. The standard InChI is InChI=1S/C22H22Cl2N2O2/c23-18-7-6-17(13-19(18)24)26-21(27)14-20(22(26)28)25-10-8-16(9-11-25)12-15-4-2-1-3-5-15/h1-7,13,16,20H,8-12,14H2/t20-/m0/s1. The van der Waals surface area contributed by atoms with Crippen molar-refractivity contribution in [3.05, 3.63) is 64.1 Å². The fraction of sp³-hybridized carbons (Fsp3) is 0.364. The second-order valence-electron chi connectivity index (χ2n) is 7.55. The molecule has 0 radical (unpaired) electrons. The summed E-state index contributed by atoms with van der Waals surface area (Å²) in [6.45, 7) is 1.69. The Labute approximate surface area is 175 Å². The number of nitrogens with zero attached hydrogens (tertiary/aromatic N) is 2. The summed E-state index contributed by atoms with van der Waals surface area (Å²) >= 11 is 12.0. The largest absolute Gasteiger partial charge is 0.292 e. The van der Waals surface area contributed by atoms with Gasteiger partial charge in [-0.15, -0.1) is 0 Å². The van der Waals surface area contributed by atoms with E-state index in [1.165, 1.54) is 10.5 Å². The predicted molar refractivity (Wildman–Crippen MR) is 112 cm³/mol. The van der Waals surface area contributed by atoms with E-state index in [-0.39, 0.29) is 24.3 Å². The first-order valence-corrected chi connectivity index (χ1v) is 10.4. The molecule has 0 spiro atoms. The Bertz CT molecular complexity index is 879. The molecular weight excluding hydrogens is 395 g/mol. The summed E-state index contributed by atoms with van der Waals surface area (Å²) in [6, 6.07) is 15.0. The summed E-state index contributed by atoms with van der Waals surface area (Å²) in [5.41, 5.74) is 1.85. The van der Waals surface area contributed by atoms with E-state index in [2.05, 4.69) is 29.2 Å². The summed E-state index contributed by atoms with van der Waals surface area (Å²) < 4.78 is 0. The number of likely N-dealkylation sites (tertiary alicyclic amines) is 1. The molecule has 6 heteroatoms. The van der Waals surface area contributed by atoms with Gasteiger partial charge in [-0.05, 0) is 62.0 Å². The van der Waals surface area contributed by atoms with E-state index in [0.29, 0.717) is 21.7 Å². The van der Waals surface area contributed by atoms with Crippen LogP contribution in [0.25, 0.3) is 0 Å². The Morgan fingerprint density at radius 1 is 0.929 bits per heavy atom. The van der Waals surface area contributed by atoms with Crippen molar-refractivity contribution in [1.29, 1.82) is 0 Å². The van der Waals surface area contributed by atoms with Crippen molar-refractivity contribution >= 4 is 40.7 Å². The first kappa shape index (κ1) is 19.4. The molecule has 2 aliphatic heterocycles. The molecule has 28 heavy (non-hydrogen) atoms. The van der Waals surface area contributed by atoms with Crippen LogP contribution in [0.5, 0.6) is 0 Å². The highest BCUT2D eigenvalue weighted by molar-refractivity contribution is 6.42. The monoisotopic (exact) mass is 416 g/mol. The van der Waals surface area contributed by atoms with Gasteiger partial charge in [0.2, 0.25) is 5.91 Å². The van der Waals surface area contributed by atoms with E-state index in [0.717, 1.165) is 32.4 Å². The van der Waals surface area contributed by atoms with Crippen molar-refractivity contribution in [2.45, 2.75) is 31.7 Å².